The van der Waals surface area contributed by atoms with Gasteiger partial charge < -0.3 is 31.7 Å². The molecule has 4 aromatic rings. The summed E-state index contributed by atoms with van der Waals surface area (Å²) in [6, 6.07) is 8.81. The van der Waals surface area contributed by atoms with Gasteiger partial charge in [0.2, 0.25) is 5.88 Å². The Morgan fingerprint density at radius 3 is 2.84 bits per heavy atom. The molecule has 1 aliphatic rings. The van der Waals surface area contributed by atoms with Crippen LogP contribution >= 0.6 is 12.2 Å². The first-order chi connectivity index (χ1) is 18.3. The highest BCUT2D eigenvalue weighted by molar-refractivity contribution is 7.80. The number of ether oxygens (including phenoxy) is 1. The summed E-state index contributed by atoms with van der Waals surface area (Å²) in [5, 5.41) is 17.1. The van der Waals surface area contributed by atoms with E-state index in [0.717, 1.165) is 17.4 Å². The summed E-state index contributed by atoms with van der Waals surface area (Å²) in [6.07, 6.45) is 2.09. The molecule has 0 aliphatic carbocycles. The number of carbonyl (C=O) groups is 1. The Morgan fingerprint density at radius 1 is 1.29 bits per heavy atom. The van der Waals surface area contributed by atoms with Crippen molar-refractivity contribution >= 4 is 46.2 Å². The molecule has 13 heteroatoms. The predicted molar refractivity (Wildman–Crippen MR) is 147 cm³/mol. The van der Waals surface area contributed by atoms with Gasteiger partial charge in [-0.1, -0.05) is 12.1 Å². The lowest BCUT2D eigenvalue weighted by Crippen LogP contribution is -2.33. The molecule has 38 heavy (non-hydrogen) atoms. The first-order valence-electron chi connectivity index (χ1n) is 12.0. The number of hydrogen-bond acceptors (Lipinski definition) is 8. The van der Waals surface area contributed by atoms with Gasteiger partial charge in [-0.2, -0.15) is 9.61 Å². The fourth-order valence-electron chi connectivity index (χ4n) is 4.09. The number of amides is 1. The van der Waals surface area contributed by atoms with Gasteiger partial charge in [-0.25, -0.2) is 14.4 Å². The Kier molecular flexibility index (Phi) is 6.92. The molecule has 0 saturated heterocycles. The number of nitrogens with zero attached hydrogens (tertiary/aromatic N) is 4. The van der Waals surface area contributed by atoms with Gasteiger partial charge in [-0.3, -0.25) is 4.79 Å². The van der Waals surface area contributed by atoms with Crippen molar-refractivity contribution in [2.24, 2.45) is 0 Å². The second-order valence-electron chi connectivity index (χ2n) is 8.69. The van der Waals surface area contributed by atoms with Crippen molar-refractivity contribution in [2.45, 2.75) is 26.5 Å². The number of anilines is 3. The molecule has 0 fully saturated rings. The van der Waals surface area contributed by atoms with Gasteiger partial charge in [-0.05, 0) is 49.8 Å². The van der Waals surface area contributed by atoms with Crippen LogP contribution in [-0.4, -0.2) is 49.8 Å². The standard InChI is InChI=1S/C25H26FN9O2S/c1-3-28-25(38)33-17-6-4-14(5-7-17)19-20(27)35-22-18(12-32-35)23(36)30-9-13(2)37-24-15(8-16(26)11-31-24)10-29-21(19)34-22/h4-8,11-13H,3,9-10,27H2,1-2H3,(H,29,34)(H,30,36)(H2,28,33,38). The second-order valence-corrected chi connectivity index (χ2v) is 9.09. The maximum absolute atomic E-state index is 14.1. The van der Waals surface area contributed by atoms with Gasteiger partial charge in [0.25, 0.3) is 5.91 Å². The Morgan fingerprint density at radius 2 is 2.08 bits per heavy atom. The minimum atomic E-state index is -0.501. The normalized spacial score (nSPS) is 15.2. The van der Waals surface area contributed by atoms with E-state index in [1.807, 2.05) is 31.2 Å². The number of hydrogen-bond donors (Lipinski definition) is 5. The molecule has 0 spiro atoms. The molecule has 2 bridgehead atoms. The molecule has 1 unspecified atom stereocenters. The lowest BCUT2D eigenvalue weighted by Gasteiger charge is -2.18. The number of fused-ring (bicyclic) bond motifs is 2. The lowest BCUT2D eigenvalue weighted by atomic mass is 10.1. The van der Waals surface area contributed by atoms with Crippen molar-refractivity contribution in [1.29, 1.82) is 0 Å². The van der Waals surface area contributed by atoms with Crippen LogP contribution in [0.15, 0.2) is 42.7 Å². The smallest absolute Gasteiger partial charge is 0.256 e. The third-order valence-corrected chi connectivity index (χ3v) is 6.14. The van der Waals surface area contributed by atoms with Gasteiger partial charge in [0, 0.05) is 24.3 Å². The van der Waals surface area contributed by atoms with E-state index in [1.54, 1.807) is 6.92 Å². The van der Waals surface area contributed by atoms with E-state index in [0.29, 0.717) is 28.6 Å². The van der Waals surface area contributed by atoms with Gasteiger partial charge in [0.05, 0.1) is 24.5 Å². The fourth-order valence-corrected chi connectivity index (χ4v) is 4.35. The Balaban J connectivity index is 1.61. The van der Waals surface area contributed by atoms with Crippen molar-refractivity contribution in [3.63, 3.8) is 0 Å². The van der Waals surface area contributed by atoms with Crippen LogP contribution in [0.2, 0.25) is 0 Å². The number of benzene rings is 1. The van der Waals surface area contributed by atoms with Gasteiger partial charge in [-0.15, -0.1) is 0 Å². The highest BCUT2D eigenvalue weighted by atomic mass is 32.1. The number of nitrogens with one attached hydrogen (secondary N) is 4. The molecular weight excluding hydrogens is 509 g/mol. The summed E-state index contributed by atoms with van der Waals surface area (Å²) in [7, 11) is 0. The zero-order chi connectivity index (χ0) is 26.8. The molecule has 0 radical (unpaired) electrons. The fraction of sp³-hybridized carbons (Fsp3) is 0.240. The van der Waals surface area contributed by atoms with Crippen LogP contribution in [0, 0.1) is 5.82 Å². The number of aromatic nitrogens is 4. The van der Waals surface area contributed by atoms with E-state index in [1.165, 1.54) is 16.8 Å². The average molecular weight is 536 g/mol. The molecule has 1 amide bonds. The van der Waals surface area contributed by atoms with Crippen molar-refractivity contribution in [1.82, 2.24) is 30.2 Å². The van der Waals surface area contributed by atoms with E-state index in [2.05, 4.69) is 31.3 Å². The van der Waals surface area contributed by atoms with Crippen molar-refractivity contribution in [2.75, 3.05) is 29.5 Å². The van der Waals surface area contributed by atoms with Crippen LogP contribution in [0.3, 0.4) is 0 Å². The number of halogens is 1. The molecule has 3 aromatic heterocycles. The summed E-state index contributed by atoms with van der Waals surface area (Å²) < 4.78 is 21.4. The number of nitrogens with two attached hydrogens (primary N) is 1. The molecule has 1 aromatic carbocycles. The SMILES string of the molecule is CCNC(=S)Nc1ccc(-c2c3nc4c(cnn4c2N)C(=O)NCC(C)Oc2ncc(F)cc2CN3)cc1. The van der Waals surface area contributed by atoms with E-state index >= 15 is 0 Å². The number of nitrogen functional groups attached to an aromatic ring is 1. The van der Waals surface area contributed by atoms with Crippen LogP contribution < -0.4 is 31.7 Å². The summed E-state index contributed by atoms with van der Waals surface area (Å²) in [5.74, 6) is 0.0397. The Hall–Kier alpha value is -4.52. The first-order valence-corrected chi connectivity index (χ1v) is 12.4. The van der Waals surface area contributed by atoms with Crippen LogP contribution in [0.4, 0.5) is 21.7 Å². The second kappa shape index (κ2) is 10.5. The van der Waals surface area contributed by atoms with Crippen LogP contribution in [-0.2, 0) is 6.54 Å². The molecule has 196 valence electrons. The zero-order valence-electron chi connectivity index (χ0n) is 20.7. The molecule has 11 nitrogen and oxygen atoms in total. The molecule has 1 atom stereocenters. The summed E-state index contributed by atoms with van der Waals surface area (Å²) in [5.41, 5.74) is 9.72. The minimum absolute atomic E-state index is 0.143. The number of pyridine rings is 1. The maximum atomic E-state index is 14.1. The Bertz CT molecular complexity index is 1520. The van der Waals surface area contributed by atoms with Gasteiger partial charge >= 0.3 is 0 Å². The largest absolute Gasteiger partial charge is 0.473 e. The lowest BCUT2D eigenvalue weighted by molar-refractivity contribution is 0.0932. The number of thiocarbonyl (C=S) groups is 1. The summed E-state index contributed by atoms with van der Waals surface area (Å²) in [6.45, 7) is 4.79. The van der Waals surface area contributed by atoms with Crippen molar-refractivity contribution in [3.05, 3.63) is 59.7 Å². The molecule has 6 N–H and O–H groups in total. The molecule has 5 rings (SSSR count). The molecule has 0 saturated carbocycles. The third kappa shape index (κ3) is 5.00. The Labute approximate surface area is 223 Å². The summed E-state index contributed by atoms with van der Waals surface area (Å²) in [4.78, 5) is 21.8. The van der Waals surface area contributed by atoms with E-state index in [-0.39, 0.29) is 41.9 Å². The van der Waals surface area contributed by atoms with Gasteiger partial charge in [0.15, 0.2) is 10.8 Å². The minimum Gasteiger partial charge on any atom is -0.473 e. The van der Waals surface area contributed by atoms with Crippen molar-refractivity contribution in [3.8, 4) is 17.0 Å². The van der Waals surface area contributed by atoms with Crippen LogP contribution in [0.25, 0.3) is 16.8 Å². The highest BCUT2D eigenvalue weighted by Crippen LogP contribution is 2.35. The van der Waals surface area contributed by atoms with E-state index in [9.17, 15) is 9.18 Å². The van der Waals surface area contributed by atoms with E-state index in [4.69, 9.17) is 27.7 Å². The maximum Gasteiger partial charge on any atom is 0.256 e. The first kappa shape index (κ1) is 25.1. The average Bonchev–Trinajstić information content (AvgIpc) is 3.32. The predicted octanol–water partition coefficient (Wildman–Crippen LogP) is 2.94. The molecule has 4 heterocycles. The quantitative estimate of drug-likeness (QED) is 0.248. The van der Waals surface area contributed by atoms with Crippen molar-refractivity contribution < 1.29 is 13.9 Å². The monoisotopic (exact) mass is 535 g/mol. The highest BCUT2D eigenvalue weighted by Gasteiger charge is 2.23. The summed E-state index contributed by atoms with van der Waals surface area (Å²) >= 11 is 5.26. The van der Waals surface area contributed by atoms with Crippen LogP contribution in [0.5, 0.6) is 5.88 Å². The van der Waals surface area contributed by atoms with E-state index < -0.39 is 11.9 Å². The topological polar surface area (TPSA) is 144 Å². The zero-order valence-corrected chi connectivity index (χ0v) is 21.5. The third-order valence-electron chi connectivity index (χ3n) is 5.90. The molecule has 1 aliphatic heterocycles. The number of rotatable bonds is 3. The van der Waals surface area contributed by atoms with Gasteiger partial charge in [0.1, 0.15) is 29.1 Å². The molecular formula is C25H26FN9O2S. The van der Waals surface area contributed by atoms with Crippen LogP contribution in [0.1, 0.15) is 29.8 Å². The number of carbonyl (C=O) groups excluding carboxylic acids is 1.